The van der Waals surface area contributed by atoms with Crippen LogP contribution in [0, 0.1) is 0 Å². The van der Waals surface area contributed by atoms with Crippen LogP contribution in [0.25, 0.3) is 10.2 Å². The van der Waals surface area contributed by atoms with Gasteiger partial charge in [-0.15, -0.1) is 11.3 Å². The molecule has 0 fully saturated rings. The Morgan fingerprint density at radius 1 is 1.15 bits per heavy atom. The van der Waals surface area contributed by atoms with Gasteiger partial charge in [0, 0.05) is 11.3 Å². The number of fused-ring (bicyclic) bond motifs is 1. The molecule has 0 spiro atoms. The number of benzene rings is 2. The van der Waals surface area contributed by atoms with E-state index in [9.17, 15) is 13.2 Å². The monoisotopic (exact) mass is 406 g/mol. The van der Waals surface area contributed by atoms with E-state index < -0.39 is 15.1 Å². The summed E-state index contributed by atoms with van der Waals surface area (Å²) in [4.78, 5) is 17.1. The van der Waals surface area contributed by atoms with Gasteiger partial charge >= 0.3 is 0 Å². The van der Waals surface area contributed by atoms with Crippen LogP contribution < -0.4 is 5.32 Å². The predicted molar refractivity (Wildman–Crippen MR) is 108 cm³/mol. The number of carbonyl (C=O) groups excluding carboxylic acids is 1. The SMILES string of the molecule is CSc1nc2ccc(NC(=O)c3ccc(S(=O)(=O)C(C)C)cc3)cc2s1. The average Bonchev–Trinajstić information content (AvgIpc) is 3.04. The number of hydrogen-bond acceptors (Lipinski definition) is 6. The Hall–Kier alpha value is -1.90. The minimum Gasteiger partial charge on any atom is -0.322 e. The van der Waals surface area contributed by atoms with E-state index in [1.54, 1.807) is 36.9 Å². The Kier molecular flexibility index (Phi) is 5.36. The molecule has 0 unspecified atom stereocenters. The minimum absolute atomic E-state index is 0.222. The molecule has 1 amide bonds. The molecule has 0 aliphatic heterocycles. The molecule has 3 aromatic rings. The van der Waals surface area contributed by atoms with Gasteiger partial charge in [-0.05, 0) is 62.6 Å². The number of thiazole rings is 1. The van der Waals surface area contributed by atoms with Crippen molar-refractivity contribution < 1.29 is 13.2 Å². The van der Waals surface area contributed by atoms with Crippen LogP contribution in [0.1, 0.15) is 24.2 Å². The van der Waals surface area contributed by atoms with Crippen LogP contribution in [-0.4, -0.2) is 30.8 Å². The predicted octanol–water partition coefficient (Wildman–Crippen LogP) is 4.45. The fourth-order valence-corrected chi connectivity index (χ4v) is 4.93. The van der Waals surface area contributed by atoms with E-state index in [4.69, 9.17) is 0 Å². The molecule has 2 aromatic carbocycles. The topological polar surface area (TPSA) is 76.1 Å². The number of amides is 1. The molecule has 0 aliphatic carbocycles. The third-order valence-electron chi connectivity index (χ3n) is 3.87. The van der Waals surface area contributed by atoms with Crippen molar-refractivity contribution in [2.75, 3.05) is 11.6 Å². The van der Waals surface area contributed by atoms with Crippen molar-refractivity contribution in [2.24, 2.45) is 0 Å². The van der Waals surface area contributed by atoms with Gasteiger partial charge in [0.15, 0.2) is 14.2 Å². The molecule has 0 saturated carbocycles. The summed E-state index contributed by atoms with van der Waals surface area (Å²) in [6, 6.07) is 11.6. The van der Waals surface area contributed by atoms with E-state index in [1.165, 1.54) is 24.3 Å². The maximum Gasteiger partial charge on any atom is 0.255 e. The summed E-state index contributed by atoms with van der Waals surface area (Å²) in [7, 11) is -3.34. The van der Waals surface area contributed by atoms with Gasteiger partial charge in [0.05, 0.1) is 20.4 Å². The largest absolute Gasteiger partial charge is 0.322 e. The molecule has 8 heteroatoms. The third-order valence-corrected chi connectivity index (χ3v) is 8.04. The number of thioether (sulfide) groups is 1. The average molecular weight is 407 g/mol. The normalized spacial score (nSPS) is 11.8. The van der Waals surface area contributed by atoms with Gasteiger partial charge in [-0.3, -0.25) is 4.79 Å². The zero-order valence-corrected chi connectivity index (χ0v) is 17.0. The van der Waals surface area contributed by atoms with Gasteiger partial charge in [0.2, 0.25) is 0 Å². The Morgan fingerprint density at radius 2 is 1.85 bits per heavy atom. The molecule has 0 bridgehead atoms. The summed E-state index contributed by atoms with van der Waals surface area (Å²) >= 11 is 3.16. The standard InChI is InChI=1S/C18H18N2O3S3/c1-11(2)26(22,23)14-7-4-12(5-8-14)17(21)19-13-6-9-15-16(10-13)25-18(20-15)24-3/h4-11H,1-3H3,(H,19,21). The van der Waals surface area contributed by atoms with Crippen molar-refractivity contribution in [3.05, 3.63) is 48.0 Å². The minimum atomic E-state index is -3.34. The molecule has 0 saturated heterocycles. The van der Waals surface area contributed by atoms with E-state index in [2.05, 4.69) is 10.3 Å². The number of aromatic nitrogens is 1. The lowest BCUT2D eigenvalue weighted by Gasteiger charge is -2.09. The summed E-state index contributed by atoms with van der Waals surface area (Å²) < 4.78 is 26.3. The van der Waals surface area contributed by atoms with Gasteiger partial charge in [-0.1, -0.05) is 11.8 Å². The molecule has 1 aromatic heterocycles. The molecule has 0 aliphatic rings. The van der Waals surface area contributed by atoms with E-state index in [1.807, 2.05) is 24.5 Å². The second-order valence-corrected chi connectivity index (χ2v) is 10.5. The molecular weight excluding hydrogens is 388 g/mol. The highest BCUT2D eigenvalue weighted by Gasteiger charge is 2.19. The number of hydrogen-bond donors (Lipinski definition) is 1. The fraction of sp³-hybridized carbons (Fsp3) is 0.222. The van der Waals surface area contributed by atoms with Crippen LogP contribution in [0.5, 0.6) is 0 Å². The first-order valence-corrected chi connectivity index (χ1v) is 11.5. The van der Waals surface area contributed by atoms with Crippen LogP contribution in [0.3, 0.4) is 0 Å². The van der Waals surface area contributed by atoms with Gasteiger partial charge in [0.25, 0.3) is 5.91 Å². The van der Waals surface area contributed by atoms with Crippen molar-refractivity contribution in [1.82, 2.24) is 4.98 Å². The summed E-state index contributed by atoms with van der Waals surface area (Å²) in [5.74, 6) is -0.285. The van der Waals surface area contributed by atoms with Crippen molar-refractivity contribution in [3.8, 4) is 0 Å². The first-order chi connectivity index (χ1) is 12.3. The number of rotatable bonds is 5. The number of anilines is 1. The fourth-order valence-electron chi connectivity index (χ4n) is 2.34. The Balaban J connectivity index is 1.79. The zero-order chi connectivity index (χ0) is 18.9. The first kappa shape index (κ1) is 18.9. The van der Waals surface area contributed by atoms with Crippen molar-refractivity contribution >= 4 is 54.7 Å². The number of nitrogens with one attached hydrogen (secondary N) is 1. The lowest BCUT2D eigenvalue weighted by atomic mass is 10.2. The van der Waals surface area contributed by atoms with Gasteiger partial charge in [-0.2, -0.15) is 0 Å². The van der Waals surface area contributed by atoms with Crippen LogP contribution in [0.4, 0.5) is 5.69 Å². The molecule has 0 radical (unpaired) electrons. The van der Waals surface area contributed by atoms with Crippen LogP contribution in [0.2, 0.25) is 0 Å². The van der Waals surface area contributed by atoms with Gasteiger partial charge < -0.3 is 5.32 Å². The third kappa shape index (κ3) is 3.77. The van der Waals surface area contributed by atoms with E-state index in [-0.39, 0.29) is 10.8 Å². The first-order valence-electron chi connectivity index (χ1n) is 7.91. The maximum atomic E-state index is 12.4. The molecule has 5 nitrogen and oxygen atoms in total. The molecule has 136 valence electrons. The van der Waals surface area contributed by atoms with E-state index in [0.717, 1.165) is 14.6 Å². The lowest BCUT2D eigenvalue weighted by molar-refractivity contribution is 0.102. The quantitative estimate of drug-likeness (QED) is 0.634. The number of carbonyl (C=O) groups is 1. The van der Waals surface area contributed by atoms with Crippen molar-refractivity contribution in [2.45, 2.75) is 28.3 Å². The number of nitrogens with zero attached hydrogens (tertiary/aromatic N) is 1. The Morgan fingerprint density at radius 3 is 2.46 bits per heavy atom. The highest BCUT2D eigenvalue weighted by molar-refractivity contribution is 8.00. The highest BCUT2D eigenvalue weighted by atomic mass is 32.2. The van der Waals surface area contributed by atoms with Crippen LogP contribution in [0.15, 0.2) is 51.7 Å². The Labute approximate surface area is 160 Å². The van der Waals surface area contributed by atoms with Crippen molar-refractivity contribution in [3.63, 3.8) is 0 Å². The summed E-state index contributed by atoms with van der Waals surface area (Å²) in [6.07, 6.45) is 1.98. The molecule has 26 heavy (non-hydrogen) atoms. The lowest BCUT2D eigenvalue weighted by Crippen LogP contribution is -2.15. The van der Waals surface area contributed by atoms with Gasteiger partial charge in [-0.25, -0.2) is 13.4 Å². The molecule has 1 N–H and O–H groups in total. The highest BCUT2D eigenvalue weighted by Crippen LogP contribution is 2.30. The van der Waals surface area contributed by atoms with Crippen LogP contribution >= 0.6 is 23.1 Å². The molecular formula is C18H18N2O3S3. The second kappa shape index (κ2) is 7.38. The van der Waals surface area contributed by atoms with E-state index in [0.29, 0.717) is 11.3 Å². The smallest absolute Gasteiger partial charge is 0.255 e. The summed E-state index contributed by atoms with van der Waals surface area (Å²) in [6.45, 7) is 3.27. The zero-order valence-electron chi connectivity index (χ0n) is 14.5. The van der Waals surface area contributed by atoms with E-state index >= 15 is 0 Å². The summed E-state index contributed by atoms with van der Waals surface area (Å²) in [5, 5.41) is 2.34. The van der Waals surface area contributed by atoms with Crippen molar-refractivity contribution in [1.29, 1.82) is 0 Å². The second-order valence-electron chi connectivity index (χ2n) is 5.94. The molecule has 3 rings (SSSR count). The maximum absolute atomic E-state index is 12.4. The van der Waals surface area contributed by atoms with Gasteiger partial charge in [0.1, 0.15) is 0 Å². The number of sulfone groups is 1. The van der Waals surface area contributed by atoms with Crippen LogP contribution in [-0.2, 0) is 9.84 Å². The molecule has 0 atom stereocenters. The molecule has 1 heterocycles. The summed E-state index contributed by atoms with van der Waals surface area (Å²) in [5.41, 5.74) is 1.99. The Bertz CT molecular complexity index is 1050.